The quantitative estimate of drug-likeness (QED) is 0.847. The van der Waals surface area contributed by atoms with E-state index in [0.717, 1.165) is 30.7 Å². The van der Waals surface area contributed by atoms with Gasteiger partial charge in [-0.25, -0.2) is 0 Å². The fraction of sp³-hybridized carbons (Fsp3) is 0.462. The Bertz CT molecular complexity index is 564. The fourth-order valence-corrected chi connectivity index (χ4v) is 3.10. The maximum absolute atomic E-state index is 12.5. The molecule has 3 rings (SSSR count). The van der Waals surface area contributed by atoms with Gasteiger partial charge in [-0.15, -0.1) is 11.3 Å². The Morgan fingerprint density at radius 3 is 3.11 bits per heavy atom. The van der Waals surface area contributed by atoms with E-state index in [1.807, 2.05) is 22.4 Å². The van der Waals surface area contributed by atoms with E-state index in [0.29, 0.717) is 11.7 Å². The Kier molecular flexibility index (Phi) is 3.33. The molecule has 0 saturated carbocycles. The molecule has 0 spiro atoms. The molecule has 3 heterocycles. The zero-order chi connectivity index (χ0) is 13.2. The third kappa shape index (κ3) is 2.40. The number of hydrogen-bond donors (Lipinski definition) is 0. The highest BCUT2D eigenvalue weighted by Crippen LogP contribution is 2.31. The van der Waals surface area contributed by atoms with Crippen molar-refractivity contribution in [2.24, 2.45) is 0 Å². The van der Waals surface area contributed by atoms with Crippen LogP contribution in [0, 0.1) is 6.92 Å². The molecule has 5 nitrogen and oxygen atoms in total. The number of aromatic nitrogens is 2. The van der Waals surface area contributed by atoms with Crippen molar-refractivity contribution in [3.05, 3.63) is 34.1 Å². The Hall–Kier alpha value is -1.69. The van der Waals surface area contributed by atoms with Crippen LogP contribution in [0.3, 0.4) is 0 Å². The first kappa shape index (κ1) is 12.3. The molecule has 1 fully saturated rings. The number of nitrogens with zero attached hydrogens (tertiary/aromatic N) is 3. The molecule has 0 N–H and O–H groups in total. The molecule has 0 aromatic carbocycles. The van der Waals surface area contributed by atoms with Crippen LogP contribution >= 0.6 is 11.3 Å². The van der Waals surface area contributed by atoms with Gasteiger partial charge in [-0.05, 0) is 37.6 Å². The lowest BCUT2D eigenvalue weighted by atomic mass is 10.0. The maximum atomic E-state index is 12.5. The normalized spacial score (nSPS) is 19.6. The third-order valence-corrected chi connectivity index (χ3v) is 4.18. The highest BCUT2D eigenvalue weighted by molar-refractivity contribution is 7.12. The highest BCUT2D eigenvalue weighted by Gasteiger charge is 2.32. The van der Waals surface area contributed by atoms with Gasteiger partial charge in [0.1, 0.15) is 6.04 Å². The number of piperidine rings is 1. The van der Waals surface area contributed by atoms with E-state index in [-0.39, 0.29) is 11.9 Å². The number of thiophene rings is 1. The van der Waals surface area contributed by atoms with Crippen molar-refractivity contribution < 1.29 is 9.32 Å². The second kappa shape index (κ2) is 5.13. The molecule has 1 aliphatic rings. The van der Waals surface area contributed by atoms with Gasteiger partial charge in [-0.2, -0.15) is 4.98 Å². The van der Waals surface area contributed by atoms with Gasteiger partial charge in [0, 0.05) is 6.54 Å². The van der Waals surface area contributed by atoms with E-state index < -0.39 is 0 Å². The Balaban J connectivity index is 1.87. The molecule has 19 heavy (non-hydrogen) atoms. The van der Waals surface area contributed by atoms with Gasteiger partial charge in [0.05, 0.1) is 4.88 Å². The summed E-state index contributed by atoms with van der Waals surface area (Å²) in [7, 11) is 0. The predicted molar refractivity (Wildman–Crippen MR) is 71.0 cm³/mol. The summed E-state index contributed by atoms with van der Waals surface area (Å²) in [4.78, 5) is 19.4. The van der Waals surface area contributed by atoms with E-state index in [9.17, 15) is 4.79 Å². The molecule has 2 aromatic rings. The van der Waals surface area contributed by atoms with Crippen molar-refractivity contribution in [3.63, 3.8) is 0 Å². The molecule has 100 valence electrons. The van der Waals surface area contributed by atoms with E-state index in [4.69, 9.17) is 4.52 Å². The van der Waals surface area contributed by atoms with Gasteiger partial charge in [-0.1, -0.05) is 11.2 Å². The monoisotopic (exact) mass is 277 g/mol. The smallest absolute Gasteiger partial charge is 0.264 e. The van der Waals surface area contributed by atoms with Crippen LogP contribution in [0.1, 0.15) is 46.7 Å². The summed E-state index contributed by atoms with van der Waals surface area (Å²) in [5, 5.41) is 5.75. The predicted octanol–water partition coefficient (Wildman–Crippen LogP) is 2.81. The summed E-state index contributed by atoms with van der Waals surface area (Å²) in [6.07, 6.45) is 3.00. The minimum atomic E-state index is -0.0791. The molecule has 1 amide bonds. The average molecular weight is 277 g/mol. The number of aryl methyl sites for hydroxylation is 1. The first-order valence-electron chi connectivity index (χ1n) is 6.40. The van der Waals surface area contributed by atoms with Crippen LogP contribution < -0.4 is 0 Å². The second-order valence-electron chi connectivity index (χ2n) is 4.67. The molecule has 0 bridgehead atoms. The molecule has 0 unspecified atom stereocenters. The summed E-state index contributed by atoms with van der Waals surface area (Å²) in [6, 6.07) is 3.68. The van der Waals surface area contributed by atoms with Gasteiger partial charge >= 0.3 is 0 Å². The molecule has 2 aromatic heterocycles. The third-order valence-electron chi connectivity index (χ3n) is 3.32. The van der Waals surface area contributed by atoms with E-state index in [1.54, 1.807) is 6.92 Å². The van der Waals surface area contributed by atoms with Gasteiger partial charge in [0.25, 0.3) is 5.91 Å². The van der Waals surface area contributed by atoms with Crippen molar-refractivity contribution in [1.82, 2.24) is 15.0 Å². The largest absolute Gasteiger partial charge is 0.337 e. The lowest BCUT2D eigenvalue weighted by Crippen LogP contribution is -2.38. The molecule has 0 aliphatic carbocycles. The van der Waals surface area contributed by atoms with Crippen LogP contribution in [-0.4, -0.2) is 27.5 Å². The van der Waals surface area contributed by atoms with E-state index >= 15 is 0 Å². The highest BCUT2D eigenvalue weighted by atomic mass is 32.1. The van der Waals surface area contributed by atoms with Gasteiger partial charge in [-0.3, -0.25) is 4.79 Å². The van der Waals surface area contributed by atoms with Crippen LogP contribution in [0.15, 0.2) is 22.0 Å². The van der Waals surface area contributed by atoms with Crippen LogP contribution in [0.5, 0.6) is 0 Å². The zero-order valence-electron chi connectivity index (χ0n) is 10.7. The summed E-state index contributed by atoms with van der Waals surface area (Å²) in [5.74, 6) is 1.24. The Morgan fingerprint density at radius 2 is 2.42 bits per heavy atom. The van der Waals surface area contributed by atoms with Gasteiger partial charge < -0.3 is 9.42 Å². The minimum absolute atomic E-state index is 0.0653. The lowest BCUT2D eigenvalue weighted by Gasteiger charge is -2.33. The summed E-state index contributed by atoms with van der Waals surface area (Å²) in [5.41, 5.74) is 0. The first-order valence-corrected chi connectivity index (χ1v) is 7.28. The lowest BCUT2D eigenvalue weighted by molar-refractivity contribution is 0.0566. The fourth-order valence-electron chi connectivity index (χ4n) is 2.42. The number of rotatable bonds is 2. The summed E-state index contributed by atoms with van der Waals surface area (Å²) in [6.45, 7) is 2.55. The Labute approximate surface area is 115 Å². The van der Waals surface area contributed by atoms with Crippen LogP contribution in [0.4, 0.5) is 0 Å². The molecule has 0 radical (unpaired) electrons. The second-order valence-corrected chi connectivity index (χ2v) is 5.61. The standard InChI is InChI=1S/C13H15N3O2S/c1-9-14-12(18-15-9)10-5-2-3-7-16(10)13(17)11-6-4-8-19-11/h4,6,8,10H,2-3,5,7H2,1H3/t10-/m1/s1. The van der Waals surface area contributed by atoms with E-state index in [1.165, 1.54) is 11.3 Å². The number of carbonyl (C=O) groups excluding carboxylic acids is 1. The Morgan fingerprint density at radius 1 is 1.53 bits per heavy atom. The van der Waals surface area contributed by atoms with Crippen molar-refractivity contribution in [2.45, 2.75) is 32.2 Å². The molecule has 1 saturated heterocycles. The van der Waals surface area contributed by atoms with Crippen LogP contribution in [0.2, 0.25) is 0 Å². The van der Waals surface area contributed by atoms with Gasteiger partial charge in [0.2, 0.25) is 5.89 Å². The minimum Gasteiger partial charge on any atom is -0.337 e. The van der Waals surface area contributed by atoms with Crippen molar-refractivity contribution in [1.29, 1.82) is 0 Å². The molecule has 1 aliphatic heterocycles. The number of hydrogen-bond acceptors (Lipinski definition) is 5. The average Bonchev–Trinajstić information content (AvgIpc) is 3.09. The number of carbonyl (C=O) groups is 1. The van der Waals surface area contributed by atoms with Gasteiger partial charge in [0.15, 0.2) is 5.82 Å². The molecular weight excluding hydrogens is 262 g/mol. The van der Waals surface area contributed by atoms with Crippen LogP contribution in [0.25, 0.3) is 0 Å². The molecular formula is C13H15N3O2S. The van der Waals surface area contributed by atoms with Crippen molar-refractivity contribution in [3.8, 4) is 0 Å². The number of amides is 1. The molecule has 6 heteroatoms. The van der Waals surface area contributed by atoms with Crippen molar-refractivity contribution in [2.75, 3.05) is 6.54 Å². The number of likely N-dealkylation sites (tertiary alicyclic amines) is 1. The van der Waals surface area contributed by atoms with Crippen molar-refractivity contribution >= 4 is 17.2 Å². The van der Waals surface area contributed by atoms with E-state index in [2.05, 4.69) is 10.1 Å². The summed E-state index contributed by atoms with van der Waals surface area (Å²) < 4.78 is 5.25. The topological polar surface area (TPSA) is 59.2 Å². The zero-order valence-corrected chi connectivity index (χ0v) is 11.5. The van der Waals surface area contributed by atoms with Crippen LogP contribution in [-0.2, 0) is 0 Å². The molecule has 1 atom stereocenters. The SMILES string of the molecule is Cc1noc([C@H]2CCCCN2C(=O)c2cccs2)n1. The summed E-state index contributed by atoms with van der Waals surface area (Å²) >= 11 is 1.47. The first-order chi connectivity index (χ1) is 9.25. The maximum Gasteiger partial charge on any atom is 0.264 e.